The monoisotopic (exact) mass is 346 g/mol. The van der Waals surface area contributed by atoms with Gasteiger partial charge in [0, 0.05) is 40.6 Å². The van der Waals surface area contributed by atoms with E-state index >= 15 is 0 Å². The fourth-order valence-electron chi connectivity index (χ4n) is 2.73. The second-order valence-electron chi connectivity index (χ2n) is 5.88. The summed E-state index contributed by atoms with van der Waals surface area (Å²) in [6.07, 6.45) is 1.66. The summed E-state index contributed by atoms with van der Waals surface area (Å²) in [4.78, 5) is 11.9. The topological polar surface area (TPSA) is 72.1 Å². The molecule has 0 aliphatic heterocycles. The van der Waals surface area contributed by atoms with Crippen LogP contribution < -0.4 is 14.8 Å². The normalized spacial score (nSPS) is 10.7. The molecule has 0 saturated heterocycles. The number of benzene rings is 2. The number of fused-ring (bicyclic) bond motifs is 1. The van der Waals surface area contributed by atoms with Crippen LogP contribution >= 0.6 is 0 Å². The summed E-state index contributed by atoms with van der Waals surface area (Å²) in [5, 5.41) is 4.25. The number of aromatic amines is 1. The van der Waals surface area contributed by atoms with E-state index < -0.39 is 0 Å². The van der Waals surface area contributed by atoms with Crippen LogP contribution in [0.25, 0.3) is 10.9 Å². The van der Waals surface area contributed by atoms with Crippen LogP contribution in [0, 0.1) is 6.92 Å². The van der Waals surface area contributed by atoms with Crippen LogP contribution in [0.5, 0.6) is 17.4 Å². The van der Waals surface area contributed by atoms with Gasteiger partial charge in [0.25, 0.3) is 0 Å². The van der Waals surface area contributed by atoms with E-state index in [1.54, 1.807) is 19.4 Å². The molecule has 2 aromatic heterocycles. The van der Waals surface area contributed by atoms with E-state index in [9.17, 15) is 0 Å². The highest BCUT2D eigenvalue weighted by atomic mass is 16.5. The highest BCUT2D eigenvalue weighted by molar-refractivity contribution is 5.81. The molecule has 0 aliphatic carbocycles. The Labute approximate surface area is 150 Å². The molecule has 4 rings (SSSR count). The maximum absolute atomic E-state index is 5.89. The Hall–Kier alpha value is -3.54. The predicted molar refractivity (Wildman–Crippen MR) is 101 cm³/mol. The summed E-state index contributed by atoms with van der Waals surface area (Å²) in [5.74, 6) is 2.41. The lowest BCUT2D eigenvalue weighted by Crippen LogP contribution is -1.98. The Morgan fingerprint density at radius 2 is 1.92 bits per heavy atom. The number of anilines is 2. The Balaban J connectivity index is 1.54. The first-order valence-electron chi connectivity index (χ1n) is 8.21. The summed E-state index contributed by atoms with van der Waals surface area (Å²) >= 11 is 0. The largest absolute Gasteiger partial charge is 0.497 e. The number of hydrogen-bond acceptors (Lipinski definition) is 5. The van der Waals surface area contributed by atoms with Crippen LogP contribution in [-0.4, -0.2) is 22.1 Å². The Morgan fingerprint density at radius 1 is 1.00 bits per heavy atom. The zero-order valence-corrected chi connectivity index (χ0v) is 14.5. The molecular formula is C20H18N4O2. The van der Waals surface area contributed by atoms with Crippen molar-refractivity contribution in [3.63, 3.8) is 0 Å². The van der Waals surface area contributed by atoms with E-state index in [1.165, 1.54) is 0 Å². The first-order valence-corrected chi connectivity index (χ1v) is 8.21. The van der Waals surface area contributed by atoms with Gasteiger partial charge in [-0.1, -0.05) is 6.07 Å². The minimum absolute atomic E-state index is 0.453. The van der Waals surface area contributed by atoms with Crippen LogP contribution in [0.15, 0.2) is 60.8 Å². The molecule has 130 valence electrons. The standard InChI is InChI=1S/C20H18N4O2/c1-13-10-14-11-17(6-7-18(14)22-13)26-19-8-9-21-20(24-19)23-15-4-3-5-16(12-15)25-2/h3-12,22H,1-2H3,(H,21,23,24). The highest BCUT2D eigenvalue weighted by Crippen LogP contribution is 2.26. The van der Waals surface area contributed by atoms with E-state index in [0.29, 0.717) is 11.8 Å². The summed E-state index contributed by atoms with van der Waals surface area (Å²) in [6, 6.07) is 17.3. The molecular weight excluding hydrogens is 328 g/mol. The van der Waals surface area contributed by atoms with Gasteiger partial charge in [0.1, 0.15) is 11.5 Å². The molecule has 2 heterocycles. The van der Waals surface area contributed by atoms with Crippen molar-refractivity contribution >= 4 is 22.5 Å². The maximum Gasteiger partial charge on any atom is 0.230 e. The van der Waals surface area contributed by atoms with Gasteiger partial charge in [0.2, 0.25) is 11.8 Å². The van der Waals surface area contributed by atoms with E-state index in [4.69, 9.17) is 9.47 Å². The van der Waals surface area contributed by atoms with Gasteiger partial charge in [-0.05, 0) is 43.3 Å². The summed E-state index contributed by atoms with van der Waals surface area (Å²) in [6.45, 7) is 2.03. The van der Waals surface area contributed by atoms with Crippen LogP contribution in [0.3, 0.4) is 0 Å². The third kappa shape index (κ3) is 3.44. The average Bonchev–Trinajstić information content (AvgIpc) is 3.01. The fraction of sp³-hybridized carbons (Fsp3) is 0.100. The summed E-state index contributed by atoms with van der Waals surface area (Å²) < 4.78 is 11.1. The molecule has 0 aliphatic rings. The molecule has 2 aromatic carbocycles. The van der Waals surface area contributed by atoms with Gasteiger partial charge in [-0.2, -0.15) is 4.98 Å². The van der Waals surface area contributed by atoms with Crippen molar-refractivity contribution in [2.24, 2.45) is 0 Å². The van der Waals surface area contributed by atoms with Crippen molar-refractivity contribution < 1.29 is 9.47 Å². The molecule has 0 radical (unpaired) electrons. The molecule has 0 saturated carbocycles. The third-order valence-corrected chi connectivity index (χ3v) is 3.91. The molecule has 6 heteroatoms. The molecule has 26 heavy (non-hydrogen) atoms. The SMILES string of the molecule is COc1cccc(Nc2nccc(Oc3ccc4[nH]c(C)cc4c3)n2)c1. The van der Waals surface area contributed by atoms with Gasteiger partial charge in [0.15, 0.2) is 0 Å². The Bertz CT molecular complexity index is 1060. The molecule has 0 atom stereocenters. The zero-order valence-electron chi connectivity index (χ0n) is 14.5. The van der Waals surface area contributed by atoms with Crippen LogP contribution in [0.4, 0.5) is 11.6 Å². The number of rotatable bonds is 5. The summed E-state index contributed by atoms with van der Waals surface area (Å²) in [7, 11) is 1.63. The fourth-order valence-corrected chi connectivity index (χ4v) is 2.73. The first kappa shape index (κ1) is 16.0. The number of nitrogens with zero attached hydrogens (tertiary/aromatic N) is 2. The van der Waals surface area contributed by atoms with Gasteiger partial charge in [0.05, 0.1) is 7.11 Å². The Kier molecular flexibility index (Phi) is 4.15. The minimum Gasteiger partial charge on any atom is -0.497 e. The quantitative estimate of drug-likeness (QED) is 0.542. The van der Waals surface area contributed by atoms with Gasteiger partial charge in [-0.25, -0.2) is 4.98 Å². The number of methoxy groups -OCH3 is 1. The van der Waals surface area contributed by atoms with E-state index in [2.05, 4.69) is 26.3 Å². The second-order valence-corrected chi connectivity index (χ2v) is 5.88. The molecule has 4 aromatic rings. The molecule has 0 amide bonds. The van der Waals surface area contributed by atoms with Gasteiger partial charge in [-0.15, -0.1) is 0 Å². The molecule has 0 spiro atoms. The molecule has 6 nitrogen and oxygen atoms in total. The molecule has 0 bridgehead atoms. The molecule has 0 unspecified atom stereocenters. The average molecular weight is 346 g/mol. The Morgan fingerprint density at radius 3 is 2.81 bits per heavy atom. The predicted octanol–water partition coefficient (Wildman–Crippen LogP) is 4.81. The number of aryl methyl sites for hydroxylation is 1. The maximum atomic E-state index is 5.89. The van der Waals surface area contributed by atoms with Crippen molar-refractivity contribution in [3.05, 3.63) is 66.5 Å². The van der Waals surface area contributed by atoms with Crippen molar-refractivity contribution in [3.8, 4) is 17.4 Å². The van der Waals surface area contributed by atoms with Crippen molar-refractivity contribution in [1.82, 2.24) is 15.0 Å². The second kappa shape index (κ2) is 6.76. The van der Waals surface area contributed by atoms with Crippen LogP contribution in [0.1, 0.15) is 5.69 Å². The van der Waals surface area contributed by atoms with Crippen molar-refractivity contribution in [1.29, 1.82) is 0 Å². The lowest BCUT2D eigenvalue weighted by Gasteiger charge is -2.09. The third-order valence-electron chi connectivity index (χ3n) is 3.91. The number of ether oxygens (including phenoxy) is 2. The van der Waals surface area contributed by atoms with Crippen molar-refractivity contribution in [2.45, 2.75) is 6.92 Å². The minimum atomic E-state index is 0.453. The molecule has 2 N–H and O–H groups in total. The van der Waals surface area contributed by atoms with Gasteiger partial charge >= 0.3 is 0 Å². The number of hydrogen-bond donors (Lipinski definition) is 2. The van der Waals surface area contributed by atoms with E-state index in [-0.39, 0.29) is 0 Å². The van der Waals surface area contributed by atoms with Gasteiger partial charge in [-0.3, -0.25) is 0 Å². The zero-order chi connectivity index (χ0) is 17.9. The molecule has 0 fully saturated rings. The van der Waals surface area contributed by atoms with Gasteiger partial charge < -0.3 is 19.8 Å². The van der Waals surface area contributed by atoms with Crippen LogP contribution in [0.2, 0.25) is 0 Å². The van der Waals surface area contributed by atoms with E-state index in [1.807, 2.05) is 49.4 Å². The lowest BCUT2D eigenvalue weighted by molar-refractivity contribution is 0.415. The number of aromatic nitrogens is 3. The lowest BCUT2D eigenvalue weighted by atomic mass is 10.2. The van der Waals surface area contributed by atoms with Crippen molar-refractivity contribution in [2.75, 3.05) is 12.4 Å². The number of H-pyrrole nitrogens is 1. The number of nitrogens with one attached hydrogen (secondary N) is 2. The first-order chi connectivity index (χ1) is 12.7. The van der Waals surface area contributed by atoms with Crippen LogP contribution in [-0.2, 0) is 0 Å². The highest BCUT2D eigenvalue weighted by Gasteiger charge is 2.05. The summed E-state index contributed by atoms with van der Waals surface area (Å²) in [5.41, 5.74) is 3.03. The smallest absolute Gasteiger partial charge is 0.230 e. The van der Waals surface area contributed by atoms with E-state index in [0.717, 1.165) is 33.8 Å².